The minimum Gasteiger partial charge on any atom is -0.310 e. The summed E-state index contributed by atoms with van der Waals surface area (Å²) in [4.78, 5) is 2.39. The van der Waals surface area contributed by atoms with E-state index in [1.54, 1.807) is 0 Å². The molecule has 9 rings (SSSR count). The van der Waals surface area contributed by atoms with Crippen LogP contribution >= 0.6 is 0 Å². The van der Waals surface area contributed by atoms with Crippen molar-refractivity contribution >= 4 is 60.2 Å². The average Bonchev–Trinajstić information content (AvgIpc) is 3.18. The van der Waals surface area contributed by atoms with Gasteiger partial charge in [0.25, 0.3) is 0 Å². The number of fused-ring (bicyclic) bond motifs is 7. The molecule has 0 fully saturated rings. The van der Waals surface area contributed by atoms with Crippen molar-refractivity contribution in [2.75, 3.05) is 4.90 Å². The van der Waals surface area contributed by atoms with Gasteiger partial charge in [0.15, 0.2) is 0 Å². The summed E-state index contributed by atoms with van der Waals surface area (Å²) in [6, 6.07) is 66.8. The molecule has 9 aromatic rings. The Labute approximate surface area is 300 Å². The van der Waals surface area contributed by atoms with Crippen LogP contribution in [0.5, 0.6) is 0 Å². The summed E-state index contributed by atoms with van der Waals surface area (Å²) >= 11 is 0. The Morgan fingerprint density at radius 3 is 1.29 bits per heavy atom. The zero-order valence-corrected chi connectivity index (χ0v) is 29.3. The second-order valence-electron chi connectivity index (χ2n) is 14.6. The highest BCUT2D eigenvalue weighted by Gasteiger charge is 2.17. The van der Waals surface area contributed by atoms with E-state index in [1.165, 1.54) is 70.9 Å². The Bertz CT molecular complexity index is 2650. The molecule has 0 aliphatic carbocycles. The van der Waals surface area contributed by atoms with Crippen LogP contribution in [-0.2, 0) is 5.41 Å². The van der Waals surface area contributed by atoms with E-state index in [9.17, 15) is 0 Å². The van der Waals surface area contributed by atoms with E-state index in [1.807, 2.05) is 0 Å². The predicted octanol–water partition coefficient (Wildman–Crippen LogP) is 14.4. The number of benzene rings is 9. The van der Waals surface area contributed by atoms with E-state index in [4.69, 9.17) is 0 Å². The average molecular weight is 654 g/mol. The van der Waals surface area contributed by atoms with Gasteiger partial charge < -0.3 is 4.90 Å². The van der Waals surface area contributed by atoms with Crippen molar-refractivity contribution in [3.8, 4) is 22.3 Å². The topological polar surface area (TPSA) is 3.24 Å². The van der Waals surface area contributed by atoms with Crippen LogP contribution in [0.15, 0.2) is 182 Å². The predicted molar refractivity (Wildman–Crippen MR) is 221 cm³/mol. The van der Waals surface area contributed by atoms with Crippen molar-refractivity contribution in [2.24, 2.45) is 0 Å². The fourth-order valence-electron chi connectivity index (χ4n) is 7.69. The smallest absolute Gasteiger partial charge is 0.0540 e. The molecule has 0 spiro atoms. The van der Waals surface area contributed by atoms with E-state index in [2.05, 4.69) is 208 Å². The van der Waals surface area contributed by atoms with Gasteiger partial charge >= 0.3 is 0 Å². The molecule has 1 nitrogen and oxygen atoms in total. The molecule has 51 heavy (non-hydrogen) atoms. The van der Waals surface area contributed by atoms with Crippen LogP contribution in [-0.4, -0.2) is 0 Å². The Balaban J connectivity index is 1.13. The summed E-state index contributed by atoms with van der Waals surface area (Å²) < 4.78 is 0. The van der Waals surface area contributed by atoms with Crippen molar-refractivity contribution in [1.82, 2.24) is 0 Å². The van der Waals surface area contributed by atoms with Crippen molar-refractivity contribution in [3.63, 3.8) is 0 Å². The molecule has 0 radical (unpaired) electrons. The Morgan fingerprint density at radius 2 is 0.745 bits per heavy atom. The molecule has 0 atom stereocenters. The normalized spacial score (nSPS) is 11.8. The monoisotopic (exact) mass is 653 g/mol. The lowest BCUT2D eigenvalue weighted by Crippen LogP contribution is -2.10. The maximum atomic E-state index is 2.39. The summed E-state index contributed by atoms with van der Waals surface area (Å²) in [6.45, 7) is 6.78. The van der Waals surface area contributed by atoms with Gasteiger partial charge in [0.05, 0.1) is 5.69 Å². The van der Waals surface area contributed by atoms with Crippen molar-refractivity contribution in [1.29, 1.82) is 0 Å². The van der Waals surface area contributed by atoms with Crippen LogP contribution in [0.3, 0.4) is 0 Å². The third kappa shape index (κ3) is 5.52. The second kappa shape index (κ2) is 12.3. The summed E-state index contributed by atoms with van der Waals surface area (Å²) in [5, 5.41) is 10.2. The number of rotatable bonds is 5. The van der Waals surface area contributed by atoms with Crippen molar-refractivity contribution < 1.29 is 0 Å². The minimum absolute atomic E-state index is 0.133. The molecule has 0 unspecified atom stereocenters. The van der Waals surface area contributed by atoms with Gasteiger partial charge in [-0.1, -0.05) is 166 Å². The number of anilines is 3. The Morgan fingerprint density at radius 1 is 0.333 bits per heavy atom. The zero-order valence-electron chi connectivity index (χ0n) is 29.3. The van der Waals surface area contributed by atoms with Crippen molar-refractivity contribution in [2.45, 2.75) is 26.2 Å². The van der Waals surface area contributed by atoms with Gasteiger partial charge in [-0.15, -0.1) is 0 Å². The molecule has 244 valence electrons. The lowest BCUT2D eigenvalue weighted by molar-refractivity contribution is 0.590. The lowest BCUT2D eigenvalue weighted by atomic mass is 9.86. The summed E-state index contributed by atoms with van der Waals surface area (Å²) in [5.41, 5.74) is 9.74. The molecule has 1 heteroatoms. The molecule has 0 heterocycles. The van der Waals surface area contributed by atoms with Crippen molar-refractivity contribution in [3.05, 3.63) is 188 Å². The number of nitrogens with zero attached hydrogens (tertiary/aromatic N) is 1. The van der Waals surface area contributed by atoms with Gasteiger partial charge in [0.1, 0.15) is 0 Å². The maximum Gasteiger partial charge on any atom is 0.0540 e. The SMILES string of the molecule is CC(C)(C)c1ccc(-c2ccc(N(c3ccc(-c4ccc5c6ccccc6c6ccccc6c5c4)cc3)c3cccc4ccccc34)cc2)cc1. The quantitative estimate of drug-likeness (QED) is 0.167. The lowest BCUT2D eigenvalue weighted by Gasteiger charge is -2.27. The molecule has 0 aliphatic heterocycles. The summed E-state index contributed by atoms with van der Waals surface area (Å²) in [6.07, 6.45) is 0. The molecule has 0 amide bonds. The van der Waals surface area contributed by atoms with Gasteiger partial charge in [-0.2, -0.15) is 0 Å². The molecular formula is C50H39N. The molecule has 9 aromatic carbocycles. The molecule has 0 saturated carbocycles. The first-order valence-corrected chi connectivity index (χ1v) is 17.8. The van der Waals surface area contributed by atoms with Crippen LogP contribution < -0.4 is 4.90 Å². The van der Waals surface area contributed by atoms with Crippen LogP contribution in [0.25, 0.3) is 65.3 Å². The first kappa shape index (κ1) is 30.8. The summed E-state index contributed by atoms with van der Waals surface area (Å²) in [5.74, 6) is 0. The number of hydrogen-bond acceptors (Lipinski definition) is 1. The zero-order chi connectivity index (χ0) is 34.5. The largest absolute Gasteiger partial charge is 0.310 e. The van der Waals surface area contributed by atoms with E-state index >= 15 is 0 Å². The van der Waals surface area contributed by atoms with Gasteiger partial charge in [0, 0.05) is 16.8 Å². The van der Waals surface area contributed by atoms with Gasteiger partial charge in [0.2, 0.25) is 0 Å². The summed E-state index contributed by atoms with van der Waals surface area (Å²) in [7, 11) is 0. The molecule has 0 aromatic heterocycles. The van der Waals surface area contributed by atoms with Crippen LogP contribution in [0, 0.1) is 0 Å². The molecule has 0 saturated heterocycles. The molecule has 0 bridgehead atoms. The Kier molecular flexibility index (Phi) is 7.44. The third-order valence-corrected chi connectivity index (χ3v) is 10.4. The van der Waals surface area contributed by atoms with Crippen LogP contribution in [0.1, 0.15) is 26.3 Å². The van der Waals surface area contributed by atoms with Crippen LogP contribution in [0.2, 0.25) is 0 Å². The fraction of sp³-hybridized carbons (Fsp3) is 0.0800. The highest BCUT2D eigenvalue weighted by atomic mass is 15.1. The Hall–Kier alpha value is -6.18. The van der Waals surface area contributed by atoms with Gasteiger partial charge in [-0.3, -0.25) is 0 Å². The first-order valence-electron chi connectivity index (χ1n) is 17.8. The van der Waals surface area contributed by atoms with E-state index in [-0.39, 0.29) is 5.41 Å². The standard InChI is InChI=1S/C50H39N/c1-50(2,3)39-26-19-34(20-27-39)35-21-28-40(29-22-35)51(49-18-10-12-37-11-4-5-13-42(37)49)41-30-23-36(24-31-41)38-25-32-47-45-16-7-6-14-43(45)44-15-8-9-17-46(44)48(47)33-38/h4-33H,1-3H3. The highest BCUT2D eigenvalue weighted by molar-refractivity contribution is 6.25. The molecule has 0 aliphatic rings. The van der Waals surface area contributed by atoms with Crippen LogP contribution in [0.4, 0.5) is 17.1 Å². The molecule has 0 N–H and O–H groups in total. The second-order valence-corrected chi connectivity index (χ2v) is 14.6. The third-order valence-electron chi connectivity index (χ3n) is 10.4. The molecular weight excluding hydrogens is 615 g/mol. The van der Waals surface area contributed by atoms with E-state index < -0.39 is 0 Å². The van der Waals surface area contributed by atoms with Gasteiger partial charge in [-0.05, 0) is 107 Å². The van der Waals surface area contributed by atoms with E-state index in [0.29, 0.717) is 0 Å². The maximum absolute atomic E-state index is 2.39. The fourth-order valence-corrected chi connectivity index (χ4v) is 7.69. The minimum atomic E-state index is 0.133. The number of hydrogen-bond donors (Lipinski definition) is 0. The van der Waals surface area contributed by atoms with E-state index in [0.717, 1.165) is 17.1 Å². The highest BCUT2D eigenvalue weighted by Crippen LogP contribution is 2.41. The van der Waals surface area contributed by atoms with Gasteiger partial charge in [-0.25, -0.2) is 0 Å². The first-order chi connectivity index (χ1) is 24.9.